The first-order valence-electron chi connectivity index (χ1n) is 9.63. The molecule has 7 heteroatoms. The van der Waals surface area contributed by atoms with Crippen molar-refractivity contribution in [2.45, 2.75) is 13.1 Å². The van der Waals surface area contributed by atoms with Crippen LogP contribution in [-0.4, -0.2) is 17.4 Å². The lowest BCUT2D eigenvalue weighted by molar-refractivity contribution is 0.0873. The van der Waals surface area contributed by atoms with Gasteiger partial charge in [-0.1, -0.05) is 53.0 Å². The number of nitrogens with zero attached hydrogens (tertiary/aromatic N) is 1. The standard InChI is InChI=1S/C24H16Cl3NO3/c25-16-3-1-2-14(8-16)9-22-23(29)18-6-7-21-19(24(18)31-22)12-28(13-30-21)11-15-4-5-17(26)10-20(15)27/h1-10H,11-13H2/b22-9-. The topological polar surface area (TPSA) is 38.8 Å². The summed E-state index contributed by atoms with van der Waals surface area (Å²) in [5.74, 6) is 1.37. The molecule has 0 N–H and O–H groups in total. The molecule has 2 aliphatic heterocycles. The Morgan fingerprint density at radius 1 is 1.00 bits per heavy atom. The Kier molecular flexibility index (Phi) is 5.40. The van der Waals surface area contributed by atoms with Gasteiger partial charge in [0.1, 0.15) is 18.2 Å². The average Bonchev–Trinajstić information content (AvgIpc) is 3.06. The van der Waals surface area contributed by atoms with Gasteiger partial charge in [0.2, 0.25) is 5.78 Å². The molecule has 3 aromatic carbocycles. The van der Waals surface area contributed by atoms with Crippen molar-refractivity contribution >= 4 is 46.7 Å². The summed E-state index contributed by atoms with van der Waals surface area (Å²) in [7, 11) is 0. The predicted molar refractivity (Wildman–Crippen MR) is 122 cm³/mol. The largest absolute Gasteiger partial charge is 0.478 e. The van der Waals surface area contributed by atoms with Crippen LogP contribution in [0.4, 0.5) is 0 Å². The number of hydrogen-bond donors (Lipinski definition) is 0. The van der Waals surface area contributed by atoms with E-state index in [0.29, 0.717) is 52.0 Å². The molecule has 0 atom stereocenters. The minimum absolute atomic E-state index is 0.157. The minimum atomic E-state index is -0.157. The highest BCUT2D eigenvalue weighted by molar-refractivity contribution is 6.35. The Bertz CT molecular complexity index is 1240. The van der Waals surface area contributed by atoms with Crippen LogP contribution >= 0.6 is 34.8 Å². The Labute approximate surface area is 194 Å². The maximum Gasteiger partial charge on any atom is 0.231 e. The summed E-state index contributed by atoms with van der Waals surface area (Å²) in [6.07, 6.45) is 1.70. The highest BCUT2D eigenvalue weighted by Crippen LogP contribution is 2.42. The van der Waals surface area contributed by atoms with Crippen molar-refractivity contribution in [1.29, 1.82) is 0 Å². The number of hydrogen-bond acceptors (Lipinski definition) is 4. The van der Waals surface area contributed by atoms with E-state index in [2.05, 4.69) is 4.90 Å². The number of carbonyl (C=O) groups is 1. The van der Waals surface area contributed by atoms with Gasteiger partial charge in [-0.2, -0.15) is 0 Å². The summed E-state index contributed by atoms with van der Waals surface area (Å²) in [5, 5.41) is 1.80. The first-order chi connectivity index (χ1) is 15.0. The van der Waals surface area contributed by atoms with E-state index in [0.717, 1.165) is 16.7 Å². The van der Waals surface area contributed by atoms with Crippen LogP contribution in [0.15, 0.2) is 60.4 Å². The fourth-order valence-electron chi connectivity index (χ4n) is 3.74. The summed E-state index contributed by atoms with van der Waals surface area (Å²) in [6.45, 7) is 1.55. The van der Waals surface area contributed by atoms with E-state index >= 15 is 0 Å². The van der Waals surface area contributed by atoms with Gasteiger partial charge in [0, 0.05) is 28.2 Å². The molecule has 4 nitrogen and oxygen atoms in total. The van der Waals surface area contributed by atoms with Gasteiger partial charge in [-0.25, -0.2) is 0 Å². The number of allylic oxidation sites excluding steroid dienone is 1. The quantitative estimate of drug-likeness (QED) is 0.402. The fourth-order valence-corrected chi connectivity index (χ4v) is 4.41. The zero-order valence-corrected chi connectivity index (χ0v) is 18.5. The molecule has 0 unspecified atom stereocenters. The van der Waals surface area contributed by atoms with Crippen LogP contribution in [0.5, 0.6) is 11.5 Å². The van der Waals surface area contributed by atoms with Gasteiger partial charge in [0.25, 0.3) is 0 Å². The molecule has 0 aromatic heterocycles. The van der Waals surface area contributed by atoms with Gasteiger partial charge in [-0.05, 0) is 53.6 Å². The molecular formula is C24H16Cl3NO3. The van der Waals surface area contributed by atoms with Crippen LogP contribution in [0.1, 0.15) is 27.0 Å². The van der Waals surface area contributed by atoms with Gasteiger partial charge < -0.3 is 9.47 Å². The van der Waals surface area contributed by atoms with E-state index in [1.54, 1.807) is 30.3 Å². The summed E-state index contributed by atoms with van der Waals surface area (Å²) in [5.41, 5.74) is 3.12. The van der Waals surface area contributed by atoms with Crippen molar-refractivity contribution in [3.05, 3.63) is 97.7 Å². The van der Waals surface area contributed by atoms with Crippen molar-refractivity contribution in [2.24, 2.45) is 0 Å². The van der Waals surface area contributed by atoms with Crippen molar-refractivity contribution in [2.75, 3.05) is 6.73 Å². The average molecular weight is 473 g/mol. The Morgan fingerprint density at radius 2 is 1.84 bits per heavy atom. The summed E-state index contributed by atoms with van der Waals surface area (Å²) >= 11 is 18.4. The van der Waals surface area contributed by atoms with Gasteiger partial charge in [-0.3, -0.25) is 9.69 Å². The van der Waals surface area contributed by atoms with Crippen LogP contribution in [0, 0.1) is 0 Å². The van der Waals surface area contributed by atoms with Crippen LogP contribution in [0.2, 0.25) is 15.1 Å². The maximum atomic E-state index is 12.9. The maximum absolute atomic E-state index is 12.9. The van der Waals surface area contributed by atoms with E-state index in [1.807, 2.05) is 30.3 Å². The van der Waals surface area contributed by atoms with E-state index < -0.39 is 0 Å². The summed E-state index contributed by atoms with van der Waals surface area (Å²) in [4.78, 5) is 15.0. The molecule has 0 saturated heterocycles. The Balaban J connectivity index is 1.43. The lowest BCUT2D eigenvalue weighted by Gasteiger charge is -2.30. The monoisotopic (exact) mass is 471 g/mol. The molecule has 0 amide bonds. The second kappa shape index (κ2) is 8.21. The third kappa shape index (κ3) is 4.04. The third-order valence-electron chi connectivity index (χ3n) is 5.24. The normalized spacial score (nSPS) is 16.6. The third-order valence-corrected chi connectivity index (χ3v) is 6.06. The second-order valence-electron chi connectivity index (χ2n) is 7.41. The van der Waals surface area contributed by atoms with Gasteiger partial charge in [0.15, 0.2) is 5.76 Å². The highest BCUT2D eigenvalue weighted by Gasteiger charge is 2.33. The van der Waals surface area contributed by atoms with E-state index in [4.69, 9.17) is 44.3 Å². The lowest BCUT2D eigenvalue weighted by Crippen LogP contribution is -2.31. The predicted octanol–water partition coefficient (Wildman–Crippen LogP) is 6.62. The molecule has 0 bridgehead atoms. The van der Waals surface area contributed by atoms with Crippen molar-refractivity contribution < 1.29 is 14.3 Å². The Morgan fingerprint density at radius 3 is 2.65 bits per heavy atom. The molecule has 31 heavy (non-hydrogen) atoms. The number of benzene rings is 3. The number of carbonyl (C=O) groups excluding carboxylic acids is 1. The van der Waals surface area contributed by atoms with E-state index in [9.17, 15) is 4.79 Å². The number of ketones is 1. The molecule has 5 rings (SSSR count). The zero-order valence-electron chi connectivity index (χ0n) is 16.2. The van der Waals surface area contributed by atoms with Crippen LogP contribution in [0.3, 0.4) is 0 Å². The number of Topliss-reactive ketones (excluding diaryl/α,β-unsaturated/α-hetero) is 1. The minimum Gasteiger partial charge on any atom is -0.478 e. The molecule has 3 aromatic rings. The highest BCUT2D eigenvalue weighted by atomic mass is 35.5. The molecule has 2 heterocycles. The van der Waals surface area contributed by atoms with Gasteiger partial charge in [-0.15, -0.1) is 0 Å². The molecule has 0 radical (unpaired) electrons. The summed E-state index contributed by atoms with van der Waals surface area (Å²) < 4.78 is 11.9. The van der Waals surface area contributed by atoms with Gasteiger partial charge >= 0.3 is 0 Å². The second-order valence-corrected chi connectivity index (χ2v) is 8.69. The van der Waals surface area contributed by atoms with Crippen molar-refractivity contribution in [1.82, 2.24) is 4.90 Å². The molecule has 2 aliphatic rings. The van der Waals surface area contributed by atoms with E-state index in [-0.39, 0.29) is 11.5 Å². The van der Waals surface area contributed by atoms with Crippen LogP contribution < -0.4 is 9.47 Å². The first-order valence-corrected chi connectivity index (χ1v) is 10.8. The number of fused-ring (bicyclic) bond motifs is 3. The van der Waals surface area contributed by atoms with Crippen molar-refractivity contribution in [3.8, 4) is 11.5 Å². The number of halogens is 3. The van der Waals surface area contributed by atoms with Gasteiger partial charge in [0.05, 0.1) is 11.1 Å². The number of ether oxygens (including phenoxy) is 2. The zero-order chi connectivity index (χ0) is 21.5. The SMILES string of the molecule is O=C1/C(=C/c2cccc(Cl)c2)Oc2c1ccc1c2CN(Cc2ccc(Cl)cc2Cl)CO1. The number of rotatable bonds is 3. The van der Waals surface area contributed by atoms with Crippen LogP contribution in [-0.2, 0) is 13.1 Å². The fraction of sp³-hybridized carbons (Fsp3) is 0.125. The van der Waals surface area contributed by atoms with Crippen LogP contribution in [0.25, 0.3) is 6.08 Å². The van der Waals surface area contributed by atoms with E-state index in [1.165, 1.54) is 0 Å². The molecule has 0 aliphatic carbocycles. The molecule has 0 fully saturated rings. The lowest BCUT2D eigenvalue weighted by atomic mass is 10.0. The molecular weight excluding hydrogens is 457 g/mol. The smallest absolute Gasteiger partial charge is 0.231 e. The van der Waals surface area contributed by atoms with Crippen molar-refractivity contribution in [3.63, 3.8) is 0 Å². The molecule has 0 saturated carbocycles. The summed E-state index contributed by atoms with van der Waals surface area (Å²) in [6, 6.07) is 16.3. The molecule has 0 spiro atoms. The first kappa shape index (κ1) is 20.4. The Hall–Kier alpha value is -2.50. The molecule has 156 valence electrons.